The van der Waals surface area contributed by atoms with E-state index in [2.05, 4.69) is 10.6 Å². The van der Waals surface area contributed by atoms with E-state index in [0.29, 0.717) is 5.56 Å². The van der Waals surface area contributed by atoms with Gasteiger partial charge in [-0.1, -0.05) is 72.8 Å². The summed E-state index contributed by atoms with van der Waals surface area (Å²) >= 11 is 0. The van der Waals surface area contributed by atoms with Crippen LogP contribution in [0.5, 0.6) is 0 Å². The highest BCUT2D eigenvalue weighted by Gasteiger charge is 2.33. The second kappa shape index (κ2) is 11.0. The molecule has 0 aliphatic rings. The number of hydrogen-bond donors (Lipinski definition) is 3. The van der Waals surface area contributed by atoms with Crippen LogP contribution in [-0.2, 0) is 20.8 Å². The quantitative estimate of drug-likeness (QED) is 0.470. The molecule has 3 rings (SSSR count). The summed E-state index contributed by atoms with van der Waals surface area (Å²) in [5, 5.41) is 5.36. The van der Waals surface area contributed by atoms with Crippen LogP contribution in [0.3, 0.4) is 0 Å². The summed E-state index contributed by atoms with van der Waals surface area (Å²) in [5.74, 6) is -2.60. The molecule has 0 aromatic heterocycles. The Balaban J connectivity index is 1.91. The SMILES string of the molecule is CC(=O)N[C@H](Cc1ccc(F)cc1)C(=O)N[C@@H](C(N)=O)C(c1ccccc1)c1ccccc1. The number of amides is 3. The standard InChI is InChI=1S/C26H26FN3O3/c1-17(31)29-22(16-18-12-14-21(27)15-13-18)26(33)30-24(25(28)32)23(19-8-4-2-5-9-19)20-10-6-3-7-11-20/h2-15,22-24H,16H2,1H3,(H2,28,32)(H,29,31)(H,30,33)/t22-,24-/m1/s1. The van der Waals surface area contributed by atoms with Crippen molar-refractivity contribution in [2.24, 2.45) is 5.73 Å². The van der Waals surface area contributed by atoms with Crippen LogP contribution in [0.1, 0.15) is 29.5 Å². The number of carbonyl (C=O) groups is 3. The molecule has 0 saturated carbocycles. The lowest BCUT2D eigenvalue weighted by Gasteiger charge is -2.28. The van der Waals surface area contributed by atoms with E-state index in [1.165, 1.54) is 19.1 Å². The lowest BCUT2D eigenvalue weighted by atomic mass is 9.84. The van der Waals surface area contributed by atoms with Gasteiger partial charge in [0.05, 0.1) is 0 Å². The molecular weight excluding hydrogens is 421 g/mol. The molecule has 0 saturated heterocycles. The van der Waals surface area contributed by atoms with Gasteiger partial charge in [0, 0.05) is 19.3 Å². The molecule has 4 N–H and O–H groups in total. The highest BCUT2D eigenvalue weighted by Crippen LogP contribution is 2.28. The molecule has 0 radical (unpaired) electrons. The van der Waals surface area contributed by atoms with Crippen LogP contribution in [-0.4, -0.2) is 29.8 Å². The summed E-state index contributed by atoms with van der Waals surface area (Å²) in [5.41, 5.74) is 8.02. The van der Waals surface area contributed by atoms with Gasteiger partial charge in [-0.25, -0.2) is 4.39 Å². The maximum atomic E-state index is 13.3. The van der Waals surface area contributed by atoms with Crippen LogP contribution in [0.25, 0.3) is 0 Å². The Morgan fingerprint density at radius 1 is 0.818 bits per heavy atom. The van der Waals surface area contributed by atoms with Crippen LogP contribution >= 0.6 is 0 Å². The minimum atomic E-state index is -1.06. The van der Waals surface area contributed by atoms with Gasteiger partial charge >= 0.3 is 0 Å². The van der Waals surface area contributed by atoms with Crippen molar-refractivity contribution in [3.63, 3.8) is 0 Å². The highest BCUT2D eigenvalue weighted by atomic mass is 19.1. The molecule has 6 nitrogen and oxygen atoms in total. The number of hydrogen-bond acceptors (Lipinski definition) is 3. The number of rotatable bonds is 9. The van der Waals surface area contributed by atoms with Gasteiger partial charge in [-0.15, -0.1) is 0 Å². The van der Waals surface area contributed by atoms with E-state index in [-0.39, 0.29) is 6.42 Å². The van der Waals surface area contributed by atoms with E-state index < -0.39 is 41.5 Å². The van der Waals surface area contributed by atoms with Crippen molar-refractivity contribution in [2.45, 2.75) is 31.3 Å². The Labute approximate surface area is 192 Å². The Morgan fingerprint density at radius 3 is 1.79 bits per heavy atom. The van der Waals surface area contributed by atoms with Crippen molar-refractivity contribution in [2.75, 3.05) is 0 Å². The Morgan fingerprint density at radius 2 is 1.33 bits per heavy atom. The van der Waals surface area contributed by atoms with Gasteiger partial charge in [-0.05, 0) is 28.8 Å². The zero-order valence-corrected chi connectivity index (χ0v) is 18.2. The molecular formula is C26H26FN3O3. The molecule has 3 amide bonds. The van der Waals surface area contributed by atoms with Crippen LogP contribution in [0.4, 0.5) is 4.39 Å². The number of nitrogens with one attached hydrogen (secondary N) is 2. The fraction of sp³-hybridized carbons (Fsp3) is 0.192. The number of benzene rings is 3. The number of nitrogens with two attached hydrogens (primary N) is 1. The fourth-order valence-electron chi connectivity index (χ4n) is 3.78. The summed E-state index contributed by atoms with van der Waals surface area (Å²) in [4.78, 5) is 37.5. The topological polar surface area (TPSA) is 101 Å². The Hall–Kier alpha value is -4.00. The highest BCUT2D eigenvalue weighted by molar-refractivity contribution is 5.92. The van der Waals surface area contributed by atoms with Crippen LogP contribution in [0.15, 0.2) is 84.9 Å². The molecule has 7 heteroatoms. The molecule has 0 bridgehead atoms. The first-order valence-corrected chi connectivity index (χ1v) is 10.6. The van der Waals surface area contributed by atoms with Gasteiger partial charge in [0.15, 0.2) is 0 Å². The molecule has 3 aromatic rings. The van der Waals surface area contributed by atoms with Gasteiger partial charge < -0.3 is 16.4 Å². The molecule has 0 aliphatic carbocycles. The van der Waals surface area contributed by atoms with Crippen molar-refractivity contribution in [3.05, 3.63) is 107 Å². The maximum Gasteiger partial charge on any atom is 0.243 e. The molecule has 33 heavy (non-hydrogen) atoms. The average molecular weight is 448 g/mol. The molecule has 0 unspecified atom stereocenters. The first-order chi connectivity index (χ1) is 15.8. The maximum absolute atomic E-state index is 13.3. The zero-order chi connectivity index (χ0) is 23.8. The van der Waals surface area contributed by atoms with Crippen molar-refractivity contribution < 1.29 is 18.8 Å². The largest absolute Gasteiger partial charge is 0.368 e. The molecule has 3 aromatic carbocycles. The average Bonchev–Trinajstić information content (AvgIpc) is 2.80. The van der Waals surface area contributed by atoms with E-state index in [0.717, 1.165) is 11.1 Å². The first kappa shape index (κ1) is 23.7. The van der Waals surface area contributed by atoms with Crippen molar-refractivity contribution in [3.8, 4) is 0 Å². The summed E-state index contributed by atoms with van der Waals surface area (Å²) in [6.07, 6.45) is 0.124. The van der Waals surface area contributed by atoms with Gasteiger partial charge in [0.25, 0.3) is 0 Å². The number of carbonyl (C=O) groups excluding carboxylic acids is 3. The smallest absolute Gasteiger partial charge is 0.243 e. The summed E-state index contributed by atoms with van der Waals surface area (Å²) in [7, 11) is 0. The minimum Gasteiger partial charge on any atom is -0.368 e. The third-order valence-corrected chi connectivity index (χ3v) is 5.30. The summed E-state index contributed by atoms with van der Waals surface area (Å²) in [6, 6.07) is 22.2. The van der Waals surface area contributed by atoms with E-state index in [4.69, 9.17) is 5.73 Å². The lowest BCUT2D eigenvalue weighted by molar-refractivity contribution is -0.131. The predicted octanol–water partition coefficient (Wildman–Crippen LogP) is 2.68. The van der Waals surface area contributed by atoms with Crippen molar-refractivity contribution >= 4 is 17.7 Å². The van der Waals surface area contributed by atoms with E-state index in [1.54, 1.807) is 12.1 Å². The minimum absolute atomic E-state index is 0.124. The Kier molecular flexibility index (Phi) is 7.91. The van der Waals surface area contributed by atoms with Crippen molar-refractivity contribution in [1.29, 1.82) is 0 Å². The fourth-order valence-corrected chi connectivity index (χ4v) is 3.78. The van der Waals surface area contributed by atoms with E-state index >= 15 is 0 Å². The molecule has 2 atom stereocenters. The molecule has 0 spiro atoms. The monoisotopic (exact) mass is 447 g/mol. The number of primary amides is 1. The van der Waals surface area contributed by atoms with Gasteiger partial charge in [-0.2, -0.15) is 0 Å². The van der Waals surface area contributed by atoms with E-state index in [1.807, 2.05) is 60.7 Å². The van der Waals surface area contributed by atoms with Gasteiger partial charge in [-0.3, -0.25) is 14.4 Å². The third kappa shape index (κ3) is 6.49. The van der Waals surface area contributed by atoms with Crippen LogP contribution in [0, 0.1) is 5.82 Å². The molecule has 0 fully saturated rings. The Bertz CT molecular complexity index is 1050. The lowest BCUT2D eigenvalue weighted by Crippen LogP contribution is -2.55. The normalized spacial score (nSPS) is 12.6. The van der Waals surface area contributed by atoms with Gasteiger partial charge in [0.2, 0.25) is 17.7 Å². The van der Waals surface area contributed by atoms with Crippen molar-refractivity contribution in [1.82, 2.24) is 10.6 Å². The summed E-state index contributed by atoms with van der Waals surface area (Å²) in [6.45, 7) is 1.30. The zero-order valence-electron chi connectivity index (χ0n) is 18.2. The predicted molar refractivity (Wildman–Crippen MR) is 124 cm³/mol. The summed E-state index contributed by atoms with van der Waals surface area (Å²) < 4.78 is 13.3. The van der Waals surface area contributed by atoms with Crippen LogP contribution < -0.4 is 16.4 Å². The second-order valence-corrected chi connectivity index (χ2v) is 7.77. The second-order valence-electron chi connectivity index (χ2n) is 7.77. The first-order valence-electron chi connectivity index (χ1n) is 10.6. The van der Waals surface area contributed by atoms with Crippen LogP contribution in [0.2, 0.25) is 0 Å². The molecule has 0 heterocycles. The van der Waals surface area contributed by atoms with Gasteiger partial charge in [0.1, 0.15) is 17.9 Å². The number of halogens is 1. The molecule has 170 valence electrons. The van der Waals surface area contributed by atoms with E-state index in [9.17, 15) is 18.8 Å². The third-order valence-electron chi connectivity index (χ3n) is 5.30. The molecule has 0 aliphatic heterocycles.